The van der Waals surface area contributed by atoms with Crippen molar-refractivity contribution in [3.63, 3.8) is 0 Å². The van der Waals surface area contributed by atoms with Crippen LogP contribution in [0.5, 0.6) is 11.5 Å². The van der Waals surface area contributed by atoms with Crippen LogP contribution >= 0.6 is 11.6 Å². The molecule has 136 valence electrons. The third-order valence-corrected chi connectivity index (χ3v) is 5.89. The van der Waals surface area contributed by atoms with E-state index in [0.717, 1.165) is 13.1 Å². The molecule has 2 aromatic carbocycles. The first kappa shape index (κ1) is 17.4. The minimum Gasteiger partial charge on any atom is -0.457 e. The molecule has 5 heteroatoms. The Labute approximate surface area is 159 Å². The number of benzene rings is 2. The highest BCUT2D eigenvalue weighted by atomic mass is 35.5. The molecule has 2 bridgehead atoms. The van der Waals surface area contributed by atoms with E-state index in [4.69, 9.17) is 16.3 Å². The van der Waals surface area contributed by atoms with Gasteiger partial charge in [-0.2, -0.15) is 0 Å². The number of fused-ring (bicyclic) bond motifs is 3. The van der Waals surface area contributed by atoms with E-state index in [1.54, 1.807) is 12.1 Å². The summed E-state index contributed by atoms with van der Waals surface area (Å²) in [5, 5.41) is 3.93. The number of amides is 1. The number of carbonyl (C=O) groups is 1. The van der Waals surface area contributed by atoms with Crippen molar-refractivity contribution in [3.05, 3.63) is 59.1 Å². The second-order valence-corrected chi connectivity index (χ2v) is 7.63. The predicted octanol–water partition coefficient (Wildman–Crippen LogP) is 4.34. The first-order chi connectivity index (χ1) is 12.6. The number of nitrogens with one attached hydrogen (secondary N) is 1. The molecule has 4 nitrogen and oxygen atoms in total. The molecule has 3 heterocycles. The van der Waals surface area contributed by atoms with Crippen molar-refractivity contribution in [2.24, 2.45) is 5.92 Å². The zero-order valence-electron chi connectivity index (χ0n) is 14.8. The minimum absolute atomic E-state index is 0.00589. The number of ether oxygens (including phenoxy) is 1. The number of nitrogens with zero attached hydrogens (tertiary/aromatic N) is 1. The maximum Gasteiger partial charge on any atom is 0.251 e. The Bertz CT molecular complexity index is 766. The van der Waals surface area contributed by atoms with Gasteiger partial charge in [-0.05, 0) is 87.3 Å². The maximum absolute atomic E-state index is 12.7. The van der Waals surface area contributed by atoms with Crippen LogP contribution in [0.4, 0.5) is 0 Å². The van der Waals surface area contributed by atoms with E-state index in [2.05, 4.69) is 17.1 Å². The molecule has 2 atom stereocenters. The van der Waals surface area contributed by atoms with Gasteiger partial charge < -0.3 is 10.1 Å². The van der Waals surface area contributed by atoms with Gasteiger partial charge in [-0.25, -0.2) is 0 Å². The highest BCUT2D eigenvalue weighted by Gasteiger charge is 2.40. The number of carbonyl (C=O) groups excluding carboxylic acids is 1. The lowest BCUT2D eigenvalue weighted by Gasteiger charge is -2.49. The van der Waals surface area contributed by atoms with Crippen LogP contribution in [-0.2, 0) is 0 Å². The molecule has 1 amide bonds. The second kappa shape index (κ2) is 7.29. The van der Waals surface area contributed by atoms with Crippen LogP contribution in [-0.4, -0.2) is 36.0 Å². The molecule has 0 aliphatic carbocycles. The van der Waals surface area contributed by atoms with Crippen LogP contribution < -0.4 is 10.1 Å². The lowest BCUT2D eigenvalue weighted by molar-refractivity contribution is 0.0217. The van der Waals surface area contributed by atoms with Crippen molar-refractivity contribution in [1.29, 1.82) is 0 Å². The van der Waals surface area contributed by atoms with Crippen molar-refractivity contribution >= 4 is 17.5 Å². The fourth-order valence-corrected chi connectivity index (χ4v) is 4.22. The summed E-state index contributed by atoms with van der Waals surface area (Å²) in [5.74, 6) is 2.01. The molecule has 0 radical (unpaired) electrons. The number of hydrogen-bond acceptors (Lipinski definition) is 3. The van der Waals surface area contributed by atoms with Crippen molar-refractivity contribution in [3.8, 4) is 11.5 Å². The second-order valence-electron chi connectivity index (χ2n) is 7.19. The van der Waals surface area contributed by atoms with Gasteiger partial charge in [-0.1, -0.05) is 11.6 Å². The third-order valence-electron chi connectivity index (χ3n) is 5.64. The number of hydrogen-bond donors (Lipinski definition) is 1. The van der Waals surface area contributed by atoms with Gasteiger partial charge in [0.15, 0.2) is 0 Å². The first-order valence-electron chi connectivity index (χ1n) is 9.18. The molecular formula is C21H23ClN2O2. The van der Waals surface area contributed by atoms with Crippen molar-refractivity contribution in [1.82, 2.24) is 10.2 Å². The summed E-state index contributed by atoms with van der Waals surface area (Å²) in [6.07, 6.45) is 2.37. The van der Waals surface area contributed by atoms with Gasteiger partial charge >= 0.3 is 0 Å². The molecule has 2 aromatic rings. The molecule has 3 fully saturated rings. The summed E-state index contributed by atoms with van der Waals surface area (Å²) in [7, 11) is 0. The van der Waals surface area contributed by atoms with E-state index >= 15 is 0 Å². The number of piperidine rings is 3. The van der Waals surface area contributed by atoms with E-state index in [1.807, 2.05) is 36.4 Å². The lowest BCUT2D eigenvalue weighted by atomic mass is 9.79. The fraction of sp³-hybridized carbons (Fsp3) is 0.381. The summed E-state index contributed by atoms with van der Waals surface area (Å²) in [5.41, 5.74) is 0.664. The number of halogens is 1. The molecule has 0 saturated carbocycles. The quantitative estimate of drug-likeness (QED) is 0.870. The van der Waals surface area contributed by atoms with E-state index in [0.29, 0.717) is 34.0 Å². The van der Waals surface area contributed by atoms with Crippen molar-refractivity contribution in [2.75, 3.05) is 13.1 Å². The summed E-state index contributed by atoms with van der Waals surface area (Å²) in [6, 6.07) is 15.1. The SMILES string of the molecule is C[C@H]1[C@H](NC(=O)c2ccc(Oc3ccc(Cl)cc3)cc2)C2CCN1CC2. The first-order valence-corrected chi connectivity index (χ1v) is 9.56. The molecule has 3 aliphatic rings. The van der Waals surface area contributed by atoms with Crippen LogP contribution in [0.3, 0.4) is 0 Å². The average molecular weight is 371 g/mol. The summed E-state index contributed by atoms with van der Waals surface area (Å²) in [6.45, 7) is 4.54. The zero-order chi connectivity index (χ0) is 18.1. The smallest absolute Gasteiger partial charge is 0.251 e. The van der Waals surface area contributed by atoms with E-state index in [-0.39, 0.29) is 11.9 Å². The van der Waals surface area contributed by atoms with Crippen LogP contribution in [0.25, 0.3) is 0 Å². The Morgan fingerprint density at radius 1 is 1.04 bits per heavy atom. The average Bonchev–Trinajstić information content (AvgIpc) is 2.67. The number of rotatable bonds is 4. The van der Waals surface area contributed by atoms with Crippen LogP contribution in [0.1, 0.15) is 30.1 Å². The Morgan fingerprint density at radius 3 is 2.19 bits per heavy atom. The monoisotopic (exact) mass is 370 g/mol. The van der Waals surface area contributed by atoms with Gasteiger partial charge in [-0.15, -0.1) is 0 Å². The maximum atomic E-state index is 12.7. The van der Waals surface area contributed by atoms with E-state index < -0.39 is 0 Å². The molecule has 26 heavy (non-hydrogen) atoms. The van der Waals surface area contributed by atoms with Gasteiger partial charge in [-0.3, -0.25) is 9.69 Å². The van der Waals surface area contributed by atoms with Crippen molar-refractivity contribution in [2.45, 2.75) is 31.8 Å². The normalized spacial score (nSPS) is 27.2. The Hall–Kier alpha value is -2.04. The van der Waals surface area contributed by atoms with Crippen LogP contribution in [0.2, 0.25) is 5.02 Å². The third kappa shape index (κ3) is 3.57. The Morgan fingerprint density at radius 2 is 1.62 bits per heavy atom. The summed E-state index contributed by atoms with van der Waals surface area (Å²) in [4.78, 5) is 15.1. The van der Waals surface area contributed by atoms with Crippen LogP contribution in [0.15, 0.2) is 48.5 Å². The standard InChI is InChI=1S/C21H23ClN2O2/c1-14-20(15-10-12-24(14)13-11-15)23-21(25)16-2-6-18(7-3-16)26-19-8-4-17(22)5-9-19/h2-9,14-15,20H,10-13H2,1H3,(H,23,25)/t14-,20-/m0/s1. The summed E-state index contributed by atoms with van der Waals surface area (Å²) >= 11 is 5.88. The molecule has 3 aliphatic heterocycles. The van der Waals surface area contributed by atoms with Gasteiger partial charge in [0.1, 0.15) is 11.5 Å². The van der Waals surface area contributed by atoms with E-state index in [9.17, 15) is 4.79 Å². The molecular weight excluding hydrogens is 348 g/mol. The van der Waals surface area contributed by atoms with Crippen molar-refractivity contribution < 1.29 is 9.53 Å². The van der Waals surface area contributed by atoms with Gasteiger partial charge in [0.2, 0.25) is 0 Å². The van der Waals surface area contributed by atoms with E-state index in [1.165, 1.54) is 12.8 Å². The highest BCUT2D eigenvalue weighted by Crippen LogP contribution is 2.32. The predicted molar refractivity (Wildman–Crippen MR) is 103 cm³/mol. The molecule has 3 saturated heterocycles. The van der Waals surface area contributed by atoms with Gasteiger partial charge in [0, 0.05) is 22.7 Å². The summed E-state index contributed by atoms with van der Waals surface area (Å²) < 4.78 is 5.78. The Kier molecular flexibility index (Phi) is 4.88. The topological polar surface area (TPSA) is 41.6 Å². The largest absolute Gasteiger partial charge is 0.457 e. The van der Waals surface area contributed by atoms with Gasteiger partial charge in [0.05, 0.1) is 0 Å². The fourth-order valence-electron chi connectivity index (χ4n) is 4.09. The van der Waals surface area contributed by atoms with Gasteiger partial charge in [0.25, 0.3) is 5.91 Å². The molecule has 0 spiro atoms. The minimum atomic E-state index is -0.00589. The highest BCUT2D eigenvalue weighted by molar-refractivity contribution is 6.30. The Balaban J connectivity index is 1.40. The molecule has 0 unspecified atom stereocenters. The molecule has 5 rings (SSSR count). The van der Waals surface area contributed by atoms with Crippen LogP contribution in [0, 0.1) is 5.92 Å². The lowest BCUT2D eigenvalue weighted by Crippen LogP contribution is -2.62. The molecule has 1 N–H and O–H groups in total. The molecule has 0 aromatic heterocycles. The zero-order valence-corrected chi connectivity index (χ0v) is 15.6.